The Kier molecular flexibility index (Phi) is 5.03. The number of para-hydroxylation sites is 1. The summed E-state index contributed by atoms with van der Waals surface area (Å²) in [6, 6.07) is 9.72. The topological polar surface area (TPSA) is 71.1 Å². The van der Waals surface area contributed by atoms with Crippen molar-refractivity contribution in [1.29, 1.82) is 0 Å². The highest BCUT2D eigenvalue weighted by atomic mass is 32.2. The average molecular weight is 319 g/mol. The van der Waals surface area contributed by atoms with E-state index in [4.69, 9.17) is 0 Å². The van der Waals surface area contributed by atoms with E-state index in [1.807, 2.05) is 0 Å². The molecule has 1 aromatic heterocycles. The minimum Gasteiger partial charge on any atom is -0.340 e. The van der Waals surface area contributed by atoms with Crippen LogP contribution in [0.15, 0.2) is 36.5 Å². The number of benzene rings is 1. The molecular weight excluding hydrogens is 298 g/mol. The van der Waals surface area contributed by atoms with Crippen molar-refractivity contribution < 1.29 is 8.42 Å². The van der Waals surface area contributed by atoms with E-state index in [1.165, 1.54) is 17.3 Å². The Morgan fingerprint density at radius 2 is 1.68 bits per heavy atom. The molecule has 0 spiro atoms. The van der Waals surface area contributed by atoms with Gasteiger partial charge in [0.2, 0.25) is 10.0 Å². The van der Waals surface area contributed by atoms with E-state index >= 15 is 0 Å². The highest BCUT2D eigenvalue weighted by Gasteiger charge is 2.08. The lowest BCUT2D eigenvalue weighted by atomic mass is 10.0. The van der Waals surface area contributed by atoms with Crippen LogP contribution >= 0.6 is 0 Å². The van der Waals surface area contributed by atoms with Gasteiger partial charge in [-0.15, -0.1) is 0 Å². The fraction of sp³-hybridized carbons (Fsp3) is 0.312. The van der Waals surface area contributed by atoms with Crippen molar-refractivity contribution in [2.24, 2.45) is 0 Å². The molecule has 22 heavy (non-hydrogen) atoms. The molecule has 5 nitrogen and oxygen atoms in total. The minimum absolute atomic E-state index is 0.451. The molecule has 0 radical (unpaired) electrons. The molecule has 0 amide bonds. The highest BCUT2D eigenvalue weighted by molar-refractivity contribution is 7.92. The van der Waals surface area contributed by atoms with E-state index < -0.39 is 10.0 Å². The summed E-state index contributed by atoms with van der Waals surface area (Å²) in [6.07, 6.45) is 4.49. The molecule has 0 atom stereocenters. The van der Waals surface area contributed by atoms with Gasteiger partial charge in [0.1, 0.15) is 5.82 Å². The largest absolute Gasteiger partial charge is 0.340 e. The molecule has 118 valence electrons. The molecule has 0 bridgehead atoms. The van der Waals surface area contributed by atoms with Gasteiger partial charge in [-0.1, -0.05) is 32.0 Å². The first-order chi connectivity index (χ1) is 10.4. The molecule has 1 heterocycles. The third kappa shape index (κ3) is 4.21. The second-order valence-corrected chi connectivity index (χ2v) is 6.84. The maximum atomic E-state index is 11.2. The smallest absolute Gasteiger partial charge is 0.229 e. The van der Waals surface area contributed by atoms with Crippen LogP contribution in [0.1, 0.15) is 25.0 Å². The van der Waals surface area contributed by atoms with E-state index in [1.54, 1.807) is 12.1 Å². The molecule has 0 saturated carbocycles. The van der Waals surface area contributed by atoms with Crippen molar-refractivity contribution >= 4 is 27.2 Å². The van der Waals surface area contributed by atoms with Crippen molar-refractivity contribution in [2.75, 3.05) is 16.3 Å². The number of aryl methyl sites for hydroxylation is 2. The number of aromatic nitrogens is 1. The number of hydrogen-bond acceptors (Lipinski definition) is 4. The van der Waals surface area contributed by atoms with Gasteiger partial charge < -0.3 is 5.32 Å². The van der Waals surface area contributed by atoms with Crippen LogP contribution in [0.5, 0.6) is 0 Å². The molecule has 1 aromatic carbocycles. The first kappa shape index (κ1) is 16.3. The summed E-state index contributed by atoms with van der Waals surface area (Å²) in [5.74, 6) is 0.689. The number of pyridine rings is 1. The second kappa shape index (κ2) is 6.79. The third-order valence-corrected chi connectivity index (χ3v) is 3.93. The van der Waals surface area contributed by atoms with Gasteiger partial charge in [-0.05, 0) is 36.1 Å². The fourth-order valence-corrected chi connectivity index (χ4v) is 2.82. The van der Waals surface area contributed by atoms with Crippen molar-refractivity contribution in [3.8, 4) is 0 Å². The van der Waals surface area contributed by atoms with Gasteiger partial charge in [0.15, 0.2) is 0 Å². The lowest BCUT2D eigenvalue weighted by molar-refractivity contribution is 0.607. The van der Waals surface area contributed by atoms with Crippen LogP contribution in [0.4, 0.5) is 17.2 Å². The van der Waals surface area contributed by atoms with Crippen molar-refractivity contribution in [1.82, 2.24) is 4.98 Å². The molecule has 6 heteroatoms. The Morgan fingerprint density at radius 1 is 1.05 bits per heavy atom. The van der Waals surface area contributed by atoms with Crippen molar-refractivity contribution in [2.45, 2.75) is 26.7 Å². The van der Waals surface area contributed by atoms with E-state index in [0.717, 1.165) is 24.8 Å². The van der Waals surface area contributed by atoms with E-state index in [-0.39, 0.29) is 0 Å². The normalized spacial score (nSPS) is 11.2. The highest BCUT2D eigenvalue weighted by Crippen LogP contribution is 2.26. The van der Waals surface area contributed by atoms with Gasteiger partial charge >= 0.3 is 0 Å². The zero-order chi connectivity index (χ0) is 16.2. The first-order valence-electron chi connectivity index (χ1n) is 7.24. The number of nitrogens with one attached hydrogen (secondary N) is 2. The molecule has 2 aromatic rings. The molecule has 0 unspecified atom stereocenters. The summed E-state index contributed by atoms with van der Waals surface area (Å²) in [7, 11) is -3.28. The number of hydrogen-bond donors (Lipinski definition) is 2. The zero-order valence-electron chi connectivity index (χ0n) is 13.1. The van der Waals surface area contributed by atoms with Crippen molar-refractivity contribution in [3.05, 3.63) is 47.7 Å². The number of anilines is 3. The van der Waals surface area contributed by atoms with Gasteiger partial charge in [0.25, 0.3) is 0 Å². The Bertz CT molecular complexity index is 718. The van der Waals surface area contributed by atoms with Crippen LogP contribution in [-0.2, 0) is 22.9 Å². The summed E-state index contributed by atoms with van der Waals surface area (Å²) >= 11 is 0. The molecule has 0 fully saturated rings. The number of sulfonamides is 1. The van der Waals surface area contributed by atoms with Crippen LogP contribution in [0.3, 0.4) is 0 Å². The quantitative estimate of drug-likeness (QED) is 0.857. The lowest BCUT2D eigenvalue weighted by Gasteiger charge is -2.15. The molecule has 0 aliphatic carbocycles. The molecule has 2 rings (SSSR count). The summed E-state index contributed by atoms with van der Waals surface area (Å²) in [6.45, 7) is 4.24. The van der Waals surface area contributed by atoms with Crippen LogP contribution in [0.2, 0.25) is 0 Å². The molecule has 0 aliphatic rings. The molecule has 0 aliphatic heterocycles. The number of nitrogens with zero attached hydrogens (tertiary/aromatic N) is 1. The predicted octanol–water partition coefficient (Wildman–Crippen LogP) is 3.32. The summed E-state index contributed by atoms with van der Waals surface area (Å²) in [5, 5.41) is 3.34. The molecular formula is C16H21N3O2S. The van der Waals surface area contributed by atoms with Crippen LogP contribution in [0.25, 0.3) is 0 Å². The van der Waals surface area contributed by atoms with E-state index in [9.17, 15) is 8.42 Å². The Hall–Kier alpha value is -2.08. The zero-order valence-corrected chi connectivity index (χ0v) is 13.9. The maximum Gasteiger partial charge on any atom is 0.229 e. The van der Waals surface area contributed by atoms with Gasteiger partial charge in [0, 0.05) is 5.69 Å². The van der Waals surface area contributed by atoms with E-state index in [0.29, 0.717) is 11.5 Å². The van der Waals surface area contributed by atoms with Gasteiger partial charge in [-0.3, -0.25) is 4.72 Å². The standard InChI is InChI=1S/C16H21N3O2S/c1-4-12-7-6-8-13(5-2)16(12)18-15-10-9-14(11-17-15)19-22(3,20)21/h6-11,19H,4-5H2,1-3H3,(H,17,18). The molecule has 2 N–H and O–H groups in total. The second-order valence-electron chi connectivity index (χ2n) is 5.09. The fourth-order valence-electron chi connectivity index (χ4n) is 2.27. The summed E-state index contributed by atoms with van der Waals surface area (Å²) in [4.78, 5) is 4.27. The average Bonchev–Trinajstić information content (AvgIpc) is 2.48. The molecule has 0 saturated heterocycles. The van der Waals surface area contributed by atoms with Crippen molar-refractivity contribution in [3.63, 3.8) is 0 Å². The van der Waals surface area contributed by atoms with Gasteiger partial charge in [0.05, 0.1) is 18.1 Å². The van der Waals surface area contributed by atoms with Crippen LogP contribution < -0.4 is 10.0 Å². The Labute approximate surface area is 131 Å². The summed E-state index contributed by atoms with van der Waals surface area (Å²) in [5.41, 5.74) is 4.01. The van der Waals surface area contributed by atoms with Crippen LogP contribution in [0, 0.1) is 0 Å². The predicted molar refractivity (Wildman–Crippen MR) is 91.2 cm³/mol. The monoisotopic (exact) mass is 319 g/mol. The van der Waals surface area contributed by atoms with Crippen LogP contribution in [-0.4, -0.2) is 19.7 Å². The maximum absolute atomic E-state index is 11.2. The first-order valence-corrected chi connectivity index (χ1v) is 9.13. The lowest BCUT2D eigenvalue weighted by Crippen LogP contribution is -2.10. The number of rotatable bonds is 6. The van der Waals surface area contributed by atoms with E-state index in [2.05, 4.69) is 47.1 Å². The van der Waals surface area contributed by atoms with Gasteiger partial charge in [-0.25, -0.2) is 13.4 Å². The Morgan fingerprint density at radius 3 is 2.14 bits per heavy atom. The Balaban J connectivity index is 2.25. The third-order valence-electron chi connectivity index (χ3n) is 3.32. The van der Waals surface area contributed by atoms with Gasteiger partial charge in [-0.2, -0.15) is 0 Å². The SMILES string of the molecule is CCc1cccc(CC)c1Nc1ccc(NS(C)(=O)=O)cn1. The minimum atomic E-state index is -3.28. The summed E-state index contributed by atoms with van der Waals surface area (Å²) < 4.78 is 24.8.